The summed E-state index contributed by atoms with van der Waals surface area (Å²) >= 11 is 0. The van der Waals surface area contributed by atoms with Crippen LogP contribution in [0.15, 0.2) is 437 Å². The predicted molar refractivity (Wildman–Crippen MR) is 567 cm³/mol. The summed E-state index contributed by atoms with van der Waals surface area (Å²) in [7, 11) is 0. The normalized spacial score (nSPS) is 13.0. The van der Waals surface area contributed by atoms with Crippen molar-refractivity contribution in [3.05, 3.63) is 448 Å². The first-order valence-electron chi connectivity index (χ1n) is 47.0. The molecule has 632 valence electrons. The molecule has 12 heterocycles. The number of fused-ring (bicyclic) bond motifs is 32. The molecule has 0 radical (unpaired) electrons. The lowest BCUT2D eigenvalue weighted by Crippen LogP contribution is -2.58. The van der Waals surface area contributed by atoms with Crippen LogP contribution in [0.25, 0.3) is 110 Å². The van der Waals surface area contributed by atoms with Gasteiger partial charge >= 0.3 is 0 Å². The zero-order valence-electron chi connectivity index (χ0n) is 74.2. The predicted octanol–water partition coefficient (Wildman–Crippen LogP) is 22.4. The van der Waals surface area contributed by atoms with Crippen LogP contribution in [0, 0.1) is 13.8 Å². The standard InChI is InChI=1S/2C36H23BN2O.2C25H16BNO/c1-3-11-24(12-4-1)38(25-13-5-2-6-14-25)26-19-21-33-30(23-26)37-29-16-8-10-18-32(29)39-31-17-9-7-15-27(31)28-20-22-34(40-33)35(37)36(28)39;1-3-11-24(12-4-1)38(25-13-5-2-6-14-25)26-19-21-30-34(23-26)40-33-22-20-28-27-15-7-9-17-31(27)39-32-18-10-8-16-29(32)37(30)35(33)36(28)39;1-15-14-17-16-8-2-5-11-20(16)27-21-12-6-3-9-18(21)26-19-10-4-7-13-22(19)28-25(15)23(26)24(17)27;1-15-7-6-10-19-25(15)28-22-14-13-17-16-8-2-4-11-20(16)27-21-12-5-3-9-18(21)26(19)23(22)24(17)27/h2*1-23H;2*2-14H,1H3. The van der Waals surface area contributed by atoms with Crippen molar-refractivity contribution in [3.63, 3.8) is 0 Å². The molecule has 4 aromatic heterocycles. The Morgan fingerprint density at radius 2 is 0.500 bits per heavy atom. The Bertz CT molecular complexity index is 9140. The molecule has 20 aromatic carbocycles. The molecule has 0 fully saturated rings. The lowest BCUT2D eigenvalue weighted by Gasteiger charge is -2.34. The van der Waals surface area contributed by atoms with Crippen molar-refractivity contribution in [2.45, 2.75) is 13.8 Å². The van der Waals surface area contributed by atoms with Crippen LogP contribution >= 0.6 is 0 Å². The number of hydrogen-bond donors (Lipinski definition) is 0. The Kier molecular flexibility index (Phi) is 16.6. The second-order valence-electron chi connectivity index (χ2n) is 36.7. The van der Waals surface area contributed by atoms with Crippen LogP contribution in [0.2, 0.25) is 0 Å². The third-order valence-electron chi connectivity index (χ3n) is 29.6. The summed E-state index contributed by atoms with van der Waals surface area (Å²) < 4.78 is 36.1. The van der Waals surface area contributed by atoms with Gasteiger partial charge in [-0.15, -0.1) is 0 Å². The van der Waals surface area contributed by atoms with Gasteiger partial charge in [0.2, 0.25) is 0 Å². The van der Waals surface area contributed by atoms with E-state index in [1.165, 1.54) is 187 Å². The monoisotopic (exact) mass is 1730 g/mol. The zero-order chi connectivity index (χ0) is 89.2. The largest absolute Gasteiger partial charge is 0.458 e. The molecule has 8 aliphatic rings. The fourth-order valence-electron chi connectivity index (χ4n) is 24.1. The lowest BCUT2D eigenvalue weighted by atomic mass is 9.34. The topological polar surface area (TPSA) is 63.1 Å². The molecule has 0 bridgehead atoms. The van der Waals surface area contributed by atoms with Crippen LogP contribution < -0.4 is 94.3 Å². The molecular weight excluding hydrogens is 1660 g/mol. The zero-order valence-corrected chi connectivity index (χ0v) is 74.2. The number of para-hydroxylation sites is 14. The Labute approximate surface area is 785 Å². The summed E-state index contributed by atoms with van der Waals surface area (Å²) in [6, 6.07) is 156. The Balaban J connectivity index is 0.0000000891. The molecule has 0 unspecified atom stereocenters. The van der Waals surface area contributed by atoms with Crippen LogP contribution in [0.4, 0.5) is 34.1 Å². The van der Waals surface area contributed by atoms with Crippen LogP contribution in [-0.2, 0) is 0 Å². The fraction of sp³-hybridized carbons (Fsp3) is 0.0164. The van der Waals surface area contributed by atoms with Gasteiger partial charge in [0.05, 0.1) is 44.1 Å². The van der Waals surface area contributed by atoms with Crippen molar-refractivity contribution in [1.29, 1.82) is 0 Å². The second-order valence-corrected chi connectivity index (χ2v) is 36.7. The van der Waals surface area contributed by atoms with Gasteiger partial charge in [-0.2, -0.15) is 0 Å². The maximum Gasteiger partial charge on any atom is 0.256 e. The van der Waals surface area contributed by atoms with Gasteiger partial charge in [0.1, 0.15) is 46.0 Å². The molecule has 0 saturated heterocycles. The molecule has 14 heteroatoms. The number of nitrogens with zero attached hydrogens (tertiary/aromatic N) is 6. The number of aryl methyl sites for hydroxylation is 2. The third-order valence-corrected chi connectivity index (χ3v) is 29.6. The quantitative estimate of drug-likeness (QED) is 0.155. The first-order chi connectivity index (χ1) is 67.4. The van der Waals surface area contributed by atoms with Crippen LogP contribution in [0.3, 0.4) is 0 Å². The Morgan fingerprint density at radius 1 is 0.184 bits per heavy atom. The number of aromatic nitrogens is 4. The van der Waals surface area contributed by atoms with E-state index in [0.29, 0.717) is 0 Å². The van der Waals surface area contributed by atoms with Gasteiger partial charge in [-0.1, -0.05) is 261 Å². The van der Waals surface area contributed by atoms with Crippen molar-refractivity contribution in [2.75, 3.05) is 9.80 Å². The Morgan fingerprint density at radius 3 is 0.963 bits per heavy atom. The van der Waals surface area contributed by atoms with Crippen molar-refractivity contribution in [3.8, 4) is 68.7 Å². The van der Waals surface area contributed by atoms with Gasteiger partial charge in [-0.25, -0.2) is 0 Å². The maximum absolute atomic E-state index is 6.78. The first-order valence-corrected chi connectivity index (χ1v) is 47.0. The van der Waals surface area contributed by atoms with Crippen LogP contribution in [0.1, 0.15) is 11.1 Å². The summed E-state index contributed by atoms with van der Waals surface area (Å²) in [6.07, 6.45) is 0. The van der Waals surface area contributed by atoms with Crippen molar-refractivity contribution in [2.24, 2.45) is 0 Å². The van der Waals surface area contributed by atoms with Gasteiger partial charge in [0.25, 0.3) is 26.9 Å². The van der Waals surface area contributed by atoms with Crippen LogP contribution in [0.5, 0.6) is 46.0 Å². The average Bonchev–Trinajstić information content (AvgIpc) is 1.66. The SMILES string of the molecule is Cc1cc2c3ccccc3n3c2c2c1Oc1ccccc1B2c1ccccc1-3.Cc1cccc2c1Oc1ccc3c4ccccc4n4c3c1B2c1ccccc1-4.c1ccc(N(c2ccccc2)c2ccc3c(c2)B2c4ccccc4-n4c5ccccc5c5ccc(c2c54)O3)cc1.c1ccc(N(c2ccccc2)c2ccc3c(c2)Oc2ccc4c5ccccc5n5c4c2B3c2ccccc2-5)cc1. The molecule has 10 nitrogen and oxygen atoms in total. The molecule has 0 amide bonds. The minimum Gasteiger partial charge on any atom is -0.458 e. The van der Waals surface area contributed by atoms with E-state index in [1.54, 1.807) is 0 Å². The molecule has 0 atom stereocenters. The van der Waals surface area contributed by atoms with E-state index < -0.39 is 0 Å². The highest BCUT2D eigenvalue weighted by atomic mass is 16.5. The summed E-state index contributed by atoms with van der Waals surface area (Å²) in [4.78, 5) is 4.61. The van der Waals surface area contributed by atoms with E-state index >= 15 is 0 Å². The molecular formula is C122H78B4N6O4. The smallest absolute Gasteiger partial charge is 0.256 e. The van der Waals surface area contributed by atoms with Crippen molar-refractivity contribution < 1.29 is 18.9 Å². The molecule has 0 spiro atoms. The van der Waals surface area contributed by atoms with E-state index in [0.717, 1.165) is 80.1 Å². The number of benzene rings is 20. The van der Waals surface area contributed by atoms with Gasteiger partial charge < -0.3 is 47.0 Å². The number of hydrogen-bond acceptors (Lipinski definition) is 6. The van der Waals surface area contributed by atoms with Gasteiger partial charge in [0.15, 0.2) is 0 Å². The first kappa shape index (κ1) is 76.4. The van der Waals surface area contributed by atoms with Crippen molar-refractivity contribution >= 4 is 214 Å². The molecule has 0 N–H and O–H groups in total. The number of anilines is 6. The summed E-state index contributed by atoms with van der Waals surface area (Å²) in [5.74, 6) is 7.70. The van der Waals surface area contributed by atoms with Crippen molar-refractivity contribution in [1.82, 2.24) is 18.3 Å². The number of ether oxygens (including phenoxy) is 4. The van der Waals surface area contributed by atoms with E-state index in [4.69, 9.17) is 18.9 Å². The van der Waals surface area contributed by atoms with E-state index in [2.05, 4.69) is 479 Å². The summed E-state index contributed by atoms with van der Waals surface area (Å²) in [5, 5.41) is 10.3. The van der Waals surface area contributed by atoms with Gasteiger partial charge in [-0.05, 0) is 260 Å². The molecule has 0 aliphatic carbocycles. The molecule has 0 saturated carbocycles. The number of rotatable bonds is 6. The van der Waals surface area contributed by atoms with E-state index in [9.17, 15) is 0 Å². The highest BCUT2D eigenvalue weighted by molar-refractivity contribution is 7.01. The average molecular weight is 1740 g/mol. The summed E-state index contributed by atoms with van der Waals surface area (Å²) in [6.45, 7) is 4.89. The molecule has 8 aliphatic heterocycles. The second kappa shape index (κ2) is 29.6. The highest BCUT2D eigenvalue weighted by Crippen LogP contribution is 2.48. The summed E-state index contributed by atoms with van der Waals surface area (Å²) in [5.41, 5.74) is 39.5. The lowest BCUT2D eigenvalue weighted by molar-refractivity contribution is 0.484. The fourth-order valence-corrected chi connectivity index (χ4v) is 24.1. The maximum atomic E-state index is 6.78. The Hall–Kier alpha value is -17.3. The third kappa shape index (κ3) is 11.0. The molecule has 136 heavy (non-hydrogen) atoms. The van der Waals surface area contributed by atoms with E-state index in [-0.39, 0.29) is 26.9 Å². The molecule has 32 rings (SSSR count). The molecule has 24 aromatic rings. The minimum absolute atomic E-state index is 0.0730. The minimum atomic E-state index is 0.0730. The van der Waals surface area contributed by atoms with E-state index in [1.807, 2.05) is 0 Å². The highest BCUT2D eigenvalue weighted by Gasteiger charge is 2.46. The van der Waals surface area contributed by atoms with Gasteiger partial charge in [-0.3, -0.25) is 0 Å². The van der Waals surface area contributed by atoms with Gasteiger partial charge in [0, 0.05) is 106 Å². The van der Waals surface area contributed by atoms with Crippen LogP contribution in [-0.4, -0.2) is 45.1 Å².